The maximum atomic E-state index is 12.8. The Labute approximate surface area is 145 Å². The Hall–Kier alpha value is -3.00. The number of aromatic nitrogens is 2. The molecule has 0 bridgehead atoms. The standard InChI is InChI=1S/C17H18N4O3S/c1-12-16(19-25(23,24)15-11-7-6-10-14(15)18)17(22)21(20(12)2)13-8-4-3-5-9-13/h3-11,19H,18H2,1-2H3. The molecule has 1 heterocycles. The van der Waals surface area contributed by atoms with Crippen LogP contribution in [-0.4, -0.2) is 17.8 Å². The van der Waals surface area contributed by atoms with Crippen LogP contribution >= 0.6 is 0 Å². The Bertz CT molecular complexity index is 1080. The minimum Gasteiger partial charge on any atom is -0.398 e. The van der Waals surface area contributed by atoms with E-state index in [0.717, 1.165) is 0 Å². The summed E-state index contributed by atoms with van der Waals surface area (Å²) in [6, 6.07) is 15.1. The summed E-state index contributed by atoms with van der Waals surface area (Å²) in [6.45, 7) is 1.67. The molecule has 2 aromatic carbocycles. The Morgan fingerprint density at radius 2 is 1.60 bits per heavy atom. The summed E-state index contributed by atoms with van der Waals surface area (Å²) in [6.07, 6.45) is 0. The van der Waals surface area contributed by atoms with Gasteiger partial charge in [0, 0.05) is 7.05 Å². The van der Waals surface area contributed by atoms with Gasteiger partial charge in [0.2, 0.25) is 0 Å². The van der Waals surface area contributed by atoms with Gasteiger partial charge in [-0.3, -0.25) is 14.2 Å². The van der Waals surface area contributed by atoms with E-state index in [0.29, 0.717) is 11.4 Å². The minimum atomic E-state index is -3.98. The summed E-state index contributed by atoms with van der Waals surface area (Å²) in [7, 11) is -2.28. The number of nitrogens with two attached hydrogens (primary N) is 1. The van der Waals surface area contributed by atoms with Crippen LogP contribution in [0.25, 0.3) is 5.69 Å². The van der Waals surface area contributed by atoms with Crippen molar-refractivity contribution in [2.45, 2.75) is 11.8 Å². The maximum absolute atomic E-state index is 12.8. The number of nitrogens with zero attached hydrogens (tertiary/aromatic N) is 2. The quantitative estimate of drug-likeness (QED) is 0.696. The van der Waals surface area contributed by atoms with E-state index in [-0.39, 0.29) is 16.3 Å². The van der Waals surface area contributed by atoms with Crippen molar-refractivity contribution >= 4 is 21.4 Å². The van der Waals surface area contributed by atoms with Crippen molar-refractivity contribution in [2.75, 3.05) is 10.5 Å². The summed E-state index contributed by atoms with van der Waals surface area (Å²) >= 11 is 0. The summed E-state index contributed by atoms with van der Waals surface area (Å²) in [5.41, 5.74) is 6.55. The van der Waals surface area contributed by atoms with E-state index in [9.17, 15) is 13.2 Å². The lowest BCUT2D eigenvalue weighted by atomic mass is 10.3. The molecule has 1 aromatic heterocycles. The first-order chi connectivity index (χ1) is 11.8. The molecule has 8 heteroatoms. The van der Waals surface area contributed by atoms with E-state index in [1.54, 1.807) is 55.1 Å². The minimum absolute atomic E-state index is 0.00499. The molecule has 25 heavy (non-hydrogen) atoms. The fourth-order valence-corrected chi connectivity index (χ4v) is 3.85. The van der Waals surface area contributed by atoms with Gasteiger partial charge in [-0.2, -0.15) is 0 Å². The Kier molecular flexibility index (Phi) is 4.13. The normalized spacial score (nSPS) is 11.4. The van der Waals surface area contributed by atoms with Crippen LogP contribution in [0.15, 0.2) is 64.3 Å². The zero-order chi connectivity index (χ0) is 18.2. The highest BCUT2D eigenvalue weighted by molar-refractivity contribution is 7.92. The average Bonchev–Trinajstić information content (AvgIpc) is 2.79. The third-order valence-corrected chi connectivity index (χ3v) is 5.42. The number of hydrogen-bond acceptors (Lipinski definition) is 4. The van der Waals surface area contributed by atoms with Crippen LogP contribution in [0.3, 0.4) is 0 Å². The molecule has 0 amide bonds. The van der Waals surface area contributed by atoms with Gasteiger partial charge >= 0.3 is 0 Å². The molecule has 3 N–H and O–H groups in total. The molecule has 0 spiro atoms. The van der Waals surface area contributed by atoms with Gasteiger partial charge in [0.05, 0.1) is 17.1 Å². The summed E-state index contributed by atoms with van der Waals surface area (Å²) in [5, 5.41) is 0. The Morgan fingerprint density at radius 1 is 1.00 bits per heavy atom. The zero-order valence-electron chi connectivity index (χ0n) is 13.8. The number of benzene rings is 2. The molecule has 3 aromatic rings. The third-order valence-electron chi connectivity index (χ3n) is 4.00. The fraction of sp³-hybridized carbons (Fsp3) is 0.118. The second-order valence-corrected chi connectivity index (χ2v) is 7.23. The first-order valence-corrected chi connectivity index (χ1v) is 9.02. The van der Waals surface area contributed by atoms with Crippen LogP contribution in [-0.2, 0) is 17.1 Å². The molecule has 0 aliphatic rings. The van der Waals surface area contributed by atoms with E-state index in [2.05, 4.69) is 4.72 Å². The van der Waals surface area contributed by atoms with Gasteiger partial charge in [-0.1, -0.05) is 30.3 Å². The molecule has 0 radical (unpaired) electrons. The van der Waals surface area contributed by atoms with Gasteiger partial charge in [-0.05, 0) is 31.2 Å². The van der Waals surface area contributed by atoms with Crippen molar-refractivity contribution < 1.29 is 8.42 Å². The van der Waals surface area contributed by atoms with Crippen molar-refractivity contribution in [1.82, 2.24) is 9.36 Å². The fourth-order valence-electron chi connectivity index (χ4n) is 2.60. The van der Waals surface area contributed by atoms with Gasteiger partial charge in [0.1, 0.15) is 10.6 Å². The predicted octanol–water partition coefficient (Wildman–Crippen LogP) is 1.87. The number of para-hydroxylation sites is 2. The summed E-state index contributed by atoms with van der Waals surface area (Å²) in [4.78, 5) is 12.7. The van der Waals surface area contributed by atoms with E-state index < -0.39 is 15.6 Å². The predicted molar refractivity (Wildman–Crippen MR) is 97.4 cm³/mol. The number of nitrogen functional groups attached to an aromatic ring is 1. The van der Waals surface area contributed by atoms with E-state index in [1.165, 1.54) is 16.8 Å². The van der Waals surface area contributed by atoms with Crippen LogP contribution in [0.2, 0.25) is 0 Å². The number of sulfonamides is 1. The zero-order valence-corrected chi connectivity index (χ0v) is 14.6. The molecule has 0 aliphatic carbocycles. The number of anilines is 2. The van der Waals surface area contributed by atoms with Crippen molar-refractivity contribution in [3.05, 3.63) is 70.6 Å². The van der Waals surface area contributed by atoms with Crippen LogP contribution < -0.4 is 16.0 Å². The smallest absolute Gasteiger partial charge is 0.296 e. The first kappa shape index (κ1) is 16.8. The lowest BCUT2D eigenvalue weighted by Crippen LogP contribution is -2.23. The molecule has 0 aliphatic heterocycles. The molecule has 0 saturated heterocycles. The number of nitrogens with one attached hydrogen (secondary N) is 1. The lowest BCUT2D eigenvalue weighted by molar-refractivity contribution is 0.601. The highest BCUT2D eigenvalue weighted by atomic mass is 32.2. The van der Waals surface area contributed by atoms with Gasteiger partial charge in [0.25, 0.3) is 15.6 Å². The van der Waals surface area contributed by atoms with Crippen LogP contribution in [0.1, 0.15) is 5.69 Å². The van der Waals surface area contributed by atoms with Crippen LogP contribution in [0, 0.1) is 6.92 Å². The van der Waals surface area contributed by atoms with Crippen molar-refractivity contribution in [3.8, 4) is 5.69 Å². The largest absolute Gasteiger partial charge is 0.398 e. The lowest BCUT2D eigenvalue weighted by Gasteiger charge is -2.09. The molecule has 7 nitrogen and oxygen atoms in total. The molecular formula is C17H18N4O3S. The molecule has 3 rings (SSSR count). The van der Waals surface area contributed by atoms with E-state index in [4.69, 9.17) is 5.73 Å². The SMILES string of the molecule is Cc1c(NS(=O)(=O)c2ccccc2N)c(=O)n(-c2ccccc2)n1C. The van der Waals surface area contributed by atoms with Gasteiger partial charge < -0.3 is 5.73 Å². The van der Waals surface area contributed by atoms with Gasteiger partial charge in [-0.25, -0.2) is 13.1 Å². The molecule has 0 saturated carbocycles. The monoisotopic (exact) mass is 358 g/mol. The third kappa shape index (κ3) is 2.91. The topological polar surface area (TPSA) is 99.1 Å². The van der Waals surface area contributed by atoms with Crippen LogP contribution in [0.5, 0.6) is 0 Å². The van der Waals surface area contributed by atoms with Crippen LogP contribution in [0.4, 0.5) is 11.4 Å². The van der Waals surface area contributed by atoms with E-state index in [1.807, 2.05) is 6.07 Å². The first-order valence-electron chi connectivity index (χ1n) is 7.54. The van der Waals surface area contributed by atoms with Crippen molar-refractivity contribution in [3.63, 3.8) is 0 Å². The van der Waals surface area contributed by atoms with E-state index >= 15 is 0 Å². The summed E-state index contributed by atoms with van der Waals surface area (Å²) < 4.78 is 30.7. The average molecular weight is 358 g/mol. The highest BCUT2D eigenvalue weighted by Gasteiger charge is 2.23. The summed E-state index contributed by atoms with van der Waals surface area (Å²) in [5.74, 6) is 0. The molecular weight excluding hydrogens is 340 g/mol. The van der Waals surface area contributed by atoms with Crippen molar-refractivity contribution in [2.24, 2.45) is 7.05 Å². The number of hydrogen-bond donors (Lipinski definition) is 2. The second-order valence-electron chi connectivity index (χ2n) is 5.58. The molecule has 130 valence electrons. The second kappa shape index (κ2) is 6.14. The molecule has 0 fully saturated rings. The Morgan fingerprint density at radius 3 is 2.24 bits per heavy atom. The van der Waals surface area contributed by atoms with Crippen molar-refractivity contribution in [1.29, 1.82) is 0 Å². The van der Waals surface area contributed by atoms with Gasteiger partial charge in [0.15, 0.2) is 0 Å². The Balaban J connectivity index is 2.11. The maximum Gasteiger partial charge on any atom is 0.296 e. The molecule has 0 unspecified atom stereocenters. The highest BCUT2D eigenvalue weighted by Crippen LogP contribution is 2.22. The van der Waals surface area contributed by atoms with Gasteiger partial charge in [-0.15, -0.1) is 0 Å². The molecule has 0 atom stereocenters. The number of rotatable bonds is 4.